The molecule has 0 unspecified atom stereocenters. The van der Waals surface area contributed by atoms with E-state index in [0.29, 0.717) is 10.0 Å². The Hall–Kier alpha value is -0.830. The average molecular weight is 313 g/mol. The predicted octanol–water partition coefficient (Wildman–Crippen LogP) is 5.87. The minimum absolute atomic E-state index is 0.00331. The van der Waals surface area contributed by atoms with Crippen molar-refractivity contribution in [1.82, 2.24) is 0 Å². The van der Waals surface area contributed by atoms with Crippen molar-refractivity contribution in [2.24, 2.45) is 5.92 Å². The number of halogens is 2. The SMILES string of the molecule is Cc1cc(Cl)c(-c2ccc(C(=O)C(C)C)s2)cc1Cl. The van der Waals surface area contributed by atoms with Gasteiger partial charge >= 0.3 is 0 Å². The van der Waals surface area contributed by atoms with E-state index >= 15 is 0 Å². The third-order valence-corrected chi connectivity index (χ3v) is 4.74. The molecule has 4 heteroatoms. The van der Waals surface area contributed by atoms with Gasteiger partial charge in [0.2, 0.25) is 0 Å². The molecule has 1 aromatic carbocycles. The van der Waals surface area contributed by atoms with E-state index in [1.165, 1.54) is 11.3 Å². The Balaban J connectivity index is 2.44. The molecule has 0 atom stereocenters. The number of hydrogen-bond acceptors (Lipinski definition) is 2. The van der Waals surface area contributed by atoms with Crippen molar-refractivity contribution in [3.63, 3.8) is 0 Å². The van der Waals surface area contributed by atoms with Crippen molar-refractivity contribution in [2.75, 3.05) is 0 Å². The van der Waals surface area contributed by atoms with Crippen LogP contribution in [0.4, 0.5) is 0 Å². The maximum absolute atomic E-state index is 11.9. The van der Waals surface area contributed by atoms with Gasteiger partial charge in [0.1, 0.15) is 0 Å². The van der Waals surface area contributed by atoms with Crippen LogP contribution in [0.5, 0.6) is 0 Å². The van der Waals surface area contributed by atoms with Crippen LogP contribution in [-0.2, 0) is 0 Å². The van der Waals surface area contributed by atoms with E-state index in [-0.39, 0.29) is 11.7 Å². The second-order valence-corrected chi connectivity index (χ2v) is 6.66. The fraction of sp³-hybridized carbons (Fsp3) is 0.267. The number of benzene rings is 1. The highest BCUT2D eigenvalue weighted by atomic mass is 35.5. The van der Waals surface area contributed by atoms with Crippen LogP contribution >= 0.6 is 34.5 Å². The first kappa shape index (κ1) is 14.6. The minimum Gasteiger partial charge on any atom is -0.293 e. The van der Waals surface area contributed by atoms with Crippen molar-refractivity contribution in [2.45, 2.75) is 20.8 Å². The summed E-state index contributed by atoms with van der Waals surface area (Å²) in [6.07, 6.45) is 0. The third kappa shape index (κ3) is 3.02. The van der Waals surface area contributed by atoms with Gasteiger partial charge in [-0.05, 0) is 36.8 Å². The highest BCUT2D eigenvalue weighted by molar-refractivity contribution is 7.17. The van der Waals surface area contributed by atoms with E-state index < -0.39 is 0 Å². The zero-order valence-electron chi connectivity index (χ0n) is 11.0. The molecule has 0 amide bonds. The first-order valence-electron chi connectivity index (χ1n) is 6.00. The Kier molecular flexibility index (Phi) is 4.34. The smallest absolute Gasteiger partial charge is 0.175 e. The van der Waals surface area contributed by atoms with Gasteiger partial charge < -0.3 is 0 Å². The van der Waals surface area contributed by atoms with Gasteiger partial charge in [-0.1, -0.05) is 37.0 Å². The standard InChI is InChI=1S/C15H14Cl2OS/c1-8(2)15(18)14-5-4-13(19-14)10-7-11(16)9(3)6-12(10)17/h4-8H,1-3H3. The monoisotopic (exact) mass is 312 g/mol. The molecule has 1 heterocycles. The summed E-state index contributed by atoms with van der Waals surface area (Å²) in [4.78, 5) is 13.7. The van der Waals surface area contributed by atoms with Crippen molar-refractivity contribution in [3.05, 3.63) is 44.8 Å². The molecule has 0 fully saturated rings. The van der Waals surface area contributed by atoms with Crippen molar-refractivity contribution < 1.29 is 4.79 Å². The molecule has 19 heavy (non-hydrogen) atoms. The predicted molar refractivity (Wildman–Crippen MR) is 83.7 cm³/mol. The molecular weight excluding hydrogens is 299 g/mol. The lowest BCUT2D eigenvalue weighted by Crippen LogP contribution is -2.04. The molecule has 0 spiro atoms. The summed E-state index contributed by atoms with van der Waals surface area (Å²) in [6.45, 7) is 5.72. The first-order chi connectivity index (χ1) is 8.90. The van der Waals surface area contributed by atoms with Gasteiger partial charge in [-0.2, -0.15) is 0 Å². The van der Waals surface area contributed by atoms with Gasteiger partial charge in [-0.25, -0.2) is 0 Å². The summed E-state index contributed by atoms with van der Waals surface area (Å²) in [5.41, 5.74) is 1.83. The zero-order valence-corrected chi connectivity index (χ0v) is 13.3. The maximum Gasteiger partial charge on any atom is 0.175 e. The van der Waals surface area contributed by atoms with Crippen LogP contribution < -0.4 is 0 Å². The second kappa shape index (κ2) is 5.66. The fourth-order valence-corrected chi connectivity index (χ4v) is 3.40. The molecule has 0 bridgehead atoms. The number of hydrogen-bond donors (Lipinski definition) is 0. The Morgan fingerprint density at radius 1 is 1.16 bits per heavy atom. The van der Waals surface area contributed by atoms with Crippen LogP contribution in [0.15, 0.2) is 24.3 Å². The first-order valence-corrected chi connectivity index (χ1v) is 7.57. The van der Waals surface area contributed by atoms with Crippen LogP contribution in [0, 0.1) is 12.8 Å². The zero-order chi connectivity index (χ0) is 14.2. The third-order valence-electron chi connectivity index (χ3n) is 2.89. The summed E-state index contributed by atoms with van der Waals surface area (Å²) in [6, 6.07) is 7.48. The lowest BCUT2D eigenvalue weighted by atomic mass is 10.1. The largest absolute Gasteiger partial charge is 0.293 e. The Labute approximate surface area is 127 Å². The summed E-state index contributed by atoms with van der Waals surface area (Å²) < 4.78 is 0. The number of carbonyl (C=O) groups is 1. The molecule has 100 valence electrons. The van der Waals surface area contributed by atoms with Gasteiger partial charge in [-0.3, -0.25) is 4.79 Å². The van der Waals surface area contributed by atoms with Crippen LogP contribution in [0.2, 0.25) is 10.0 Å². The van der Waals surface area contributed by atoms with Crippen LogP contribution in [-0.4, -0.2) is 5.78 Å². The topological polar surface area (TPSA) is 17.1 Å². The molecule has 0 saturated heterocycles. The van der Waals surface area contributed by atoms with E-state index in [4.69, 9.17) is 23.2 Å². The van der Waals surface area contributed by atoms with Gasteiger partial charge in [0.05, 0.1) is 4.88 Å². The Morgan fingerprint density at radius 3 is 2.47 bits per heavy atom. The molecule has 1 nitrogen and oxygen atoms in total. The van der Waals surface area contributed by atoms with Crippen molar-refractivity contribution in [1.29, 1.82) is 0 Å². The Bertz CT molecular complexity index is 629. The average Bonchev–Trinajstić information content (AvgIpc) is 2.81. The molecule has 1 aromatic heterocycles. The molecule has 0 aliphatic carbocycles. The van der Waals surface area contributed by atoms with E-state index in [2.05, 4.69) is 0 Å². The summed E-state index contributed by atoms with van der Waals surface area (Å²) in [7, 11) is 0. The van der Waals surface area contributed by atoms with E-state index in [0.717, 1.165) is 20.9 Å². The molecule has 0 saturated carbocycles. The highest BCUT2D eigenvalue weighted by Crippen LogP contribution is 2.37. The van der Waals surface area contributed by atoms with Crippen molar-refractivity contribution >= 4 is 40.3 Å². The van der Waals surface area contributed by atoms with Gasteiger partial charge in [0.15, 0.2) is 5.78 Å². The fourth-order valence-electron chi connectivity index (χ4n) is 1.73. The van der Waals surface area contributed by atoms with E-state index in [1.807, 2.05) is 45.0 Å². The van der Waals surface area contributed by atoms with Gasteiger partial charge in [0, 0.05) is 26.4 Å². The van der Waals surface area contributed by atoms with E-state index in [1.54, 1.807) is 0 Å². The quantitative estimate of drug-likeness (QED) is 0.648. The minimum atomic E-state index is 0.00331. The molecule has 0 N–H and O–H groups in total. The number of Topliss-reactive ketones (excluding diaryl/α,β-unsaturated/α-hetero) is 1. The molecule has 0 aliphatic rings. The number of ketones is 1. The summed E-state index contributed by atoms with van der Waals surface area (Å²) in [5, 5.41) is 1.34. The number of rotatable bonds is 3. The van der Waals surface area contributed by atoms with E-state index in [9.17, 15) is 4.79 Å². The summed E-state index contributed by atoms with van der Waals surface area (Å²) in [5.74, 6) is 0.161. The normalized spacial score (nSPS) is 11.1. The molecular formula is C15H14Cl2OS. The number of thiophene rings is 1. The molecule has 0 radical (unpaired) electrons. The highest BCUT2D eigenvalue weighted by Gasteiger charge is 2.15. The second-order valence-electron chi connectivity index (χ2n) is 4.76. The summed E-state index contributed by atoms with van der Waals surface area (Å²) >= 11 is 13.8. The lowest BCUT2D eigenvalue weighted by molar-refractivity contribution is 0.0943. The van der Waals surface area contributed by atoms with Crippen LogP contribution in [0.25, 0.3) is 10.4 Å². The molecule has 0 aliphatic heterocycles. The lowest BCUT2D eigenvalue weighted by Gasteiger charge is -2.05. The van der Waals surface area contributed by atoms with Crippen molar-refractivity contribution in [3.8, 4) is 10.4 Å². The number of carbonyl (C=O) groups excluding carboxylic acids is 1. The Morgan fingerprint density at radius 2 is 1.84 bits per heavy atom. The van der Waals surface area contributed by atoms with Crippen LogP contribution in [0.1, 0.15) is 29.1 Å². The maximum atomic E-state index is 11.9. The van der Waals surface area contributed by atoms with Gasteiger partial charge in [-0.15, -0.1) is 11.3 Å². The number of aryl methyl sites for hydroxylation is 1. The molecule has 2 aromatic rings. The van der Waals surface area contributed by atoms with Gasteiger partial charge in [0.25, 0.3) is 0 Å². The molecule has 2 rings (SSSR count). The van der Waals surface area contributed by atoms with Crippen LogP contribution in [0.3, 0.4) is 0 Å².